The van der Waals surface area contributed by atoms with Crippen LogP contribution in [0.3, 0.4) is 0 Å². The first-order valence-corrected chi connectivity index (χ1v) is 19.0. The number of hydrogen-bond donors (Lipinski definition) is 2. The molecule has 5 aromatic rings. The predicted octanol–water partition coefficient (Wildman–Crippen LogP) is 8.01. The third-order valence-electron chi connectivity index (χ3n) is 10.8. The number of rotatable bonds is 8. The first-order valence-electron chi connectivity index (χ1n) is 18.7. The molecule has 3 aliphatic heterocycles. The number of allylic oxidation sites excluding steroid dienone is 1. The first-order chi connectivity index (χ1) is 26.6. The van der Waals surface area contributed by atoms with Crippen molar-refractivity contribution < 1.29 is 23.8 Å². The number of benzene rings is 4. The van der Waals surface area contributed by atoms with E-state index in [0.717, 1.165) is 55.8 Å². The number of fused-ring (bicyclic) bond motifs is 2. The van der Waals surface area contributed by atoms with Gasteiger partial charge in [0.1, 0.15) is 24.1 Å². The molecule has 0 saturated heterocycles. The maximum atomic E-state index is 14.1. The Kier molecular flexibility index (Phi) is 9.97. The zero-order valence-corrected chi connectivity index (χ0v) is 32.1. The van der Waals surface area contributed by atoms with Crippen molar-refractivity contribution in [3.8, 4) is 33.8 Å². The number of aryl methyl sites for hydroxylation is 1. The number of pyridine rings is 1. The van der Waals surface area contributed by atoms with E-state index < -0.39 is 6.04 Å². The van der Waals surface area contributed by atoms with Gasteiger partial charge in [0.15, 0.2) is 23.8 Å². The Morgan fingerprint density at radius 3 is 2.40 bits per heavy atom. The lowest BCUT2D eigenvalue weighted by molar-refractivity contribution is -0.139. The van der Waals surface area contributed by atoms with Crippen LogP contribution in [0.2, 0.25) is 5.02 Å². The molecular weight excluding hydrogens is 712 g/mol. The highest BCUT2D eigenvalue weighted by atomic mass is 35.5. The summed E-state index contributed by atoms with van der Waals surface area (Å²) in [6, 6.07) is 29.6. The molecule has 0 aliphatic carbocycles. The molecule has 1 aromatic heterocycles. The minimum atomic E-state index is -0.730. The van der Waals surface area contributed by atoms with Crippen LogP contribution in [0.5, 0.6) is 11.5 Å². The SMILES string of the molecule is CC1=C(C(=O)N2Cc3cc4c(cc3CC2C(=O)NCCc2ccc(-c3ccnc(C)c3C)cc2)OCC(c2ccc(-c3cccc(Cl)c3)cc2)O4)NC(C)O1. The summed E-state index contributed by atoms with van der Waals surface area (Å²) in [6.07, 6.45) is 2.17. The minimum Gasteiger partial charge on any atom is -0.485 e. The number of carbonyl (C=O) groups is 2. The number of ether oxygens (including phenoxy) is 3. The van der Waals surface area contributed by atoms with Gasteiger partial charge in [-0.15, -0.1) is 0 Å². The van der Waals surface area contributed by atoms with Gasteiger partial charge in [0, 0.05) is 36.4 Å². The van der Waals surface area contributed by atoms with Crippen LogP contribution >= 0.6 is 11.6 Å². The van der Waals surface area contributed by atoms with E-state index in [1.165, 1.54) is 0 Å². The Labute approximate surface area is 326 Å². The Balaban J connectivity index is 0.980. The van der Waals surface area contributed by atoms with Crippen molar-refractivity contribution in [3.63, 3.8) is 0 Å². The van der Waals surface area contributed by atoms with E-state index in [1.54, 1.807) is 11.8 Å². The number of carbonyl (C=O) groups excluding carboxylic acids is 2. The van der Waals surface area contributed by atoms with Crippen molar-refractivity contribution >= 4 is 23.4 Å². The highest BCUT2D eigenvalue weighted by molar-refractivity contribution is 6.30. The van der Waals surface area contributed by atoms with Crippen molar-refractivity contribution in [2.24, 2.45) is 0 Å². The van der Waals surface area contributed by atoms with Crippen LogP contribution in [0.15, 0.2) is 109 Å². The van der Waals surface area contributed by atoms with E-state index >= 15 is 0 Å². The molecule has 0 saturated carbocycles. The van der Waals surface area contributed by atoms with Crippen LogP contribution in [-0.4, -0.2) is 47.1 Å². The summed E-state index contributed by atoms with van der Waals surface area (Å²) in [5, 5.41) is 6.96. The lowest BCUT2D eigenvalue weighted by Crippen LogP contribution is -2.54. The molecule has 0 bridgehead atoms. The van der Waals surface area contributed by atoms with Crippen LogP contribution in [0, 0.1) is 13.8 Å². The summed E-state index contributed by atoms with van der Waals surface area (Å²) < 4.78 is 18.5. The molecule has 0 radical (unpaired) electrons. The summed E-state index contributed by atoms with van der Waals surface area (Å²) in [5.74, 6) is 1.26. The summed E-state index contributed by atoms with van der Waals surface area (Å²) >= 11 is 6.22. The van der Waals surface area contributed by atoms with E-state index in [2.05, 4.69) is 58.9 Å². The first kappa shape index (κ1) is 36.2. The number of nitrogens with one attached hydrogen (secondary N) is 2. The highest BCUT2D eigenvalue weighted by Gasteiger charge is 2.39. The van der Waals surface area contributed by atoms with Gasteiger partial charge in [0.2, 0.25) is 5.91 Å². The van der Waals surface area contributed by atoms with Crippen LogP contribution in [-0.2, 0) is 33.7 Å². The maximum absolute atomic E-state index is 14.1. The number of amides is 2. The molecule has 55 heavy (non-hydrogen) atoms. The Morgan fingerprint density at radius 1 is 0.891 bits per heavy atom. The maximum Gasteiger partial charge on any atom is 0.274 e. The standard InChI is InChI=1S/C45H43ClN4O5/c1-26-27(2)47-19-17-38(26)32-10-8-30(9-11-32)16-18-48-44(51)39-21-35-22-40-41(23-36(35)24-50(39)45(52)43-28(3)54-29(4)49-43)55-42(25-53-40)33-14-12-31(13-15-33)34-6-5-7-37(46)20-34/h5-15,17,19-20,22-23,29,39,42,49H,16,18,21,24-25H2,1-4H3,(H,48,51). The largest absolute Gasteiger partial charge is 0.485 e. The lowest BCUT2D eigenvalue weighted by atomic mass is 9.92. The average molecular weight is 755 g/mol. The van der Waals surface area contributed by atoms with Gasteiger partial charge in [-0.25, -0.2) is 0 Å². The van der Waals surface area contributed by atoms with Crippen LogP contribution in [0.1, 0.15) is 53.5 Å². The van der Waals surface area contributed by atoms with Gasteiger partial charge >= 0.3 is 0 Å². The summed E-state index contributed by atoms with van der Waals surface area (Å²) in [7, 11) is 0. The van der Waals surface area contributed by atoms with Crippen molar-refractivity contribution in [3.05, 3.63) is 147 Å². The number of aromatic nitrogens is 1. The zero-order chi connectivity index (χ0) is 38.2. The topological polar surface area (TPSA) is 102 Å². The third kappa shape index (κ3) is 7.49. The highest BCUT2D eigenvalue weighted by Crippen LogP contribution is 2.41. The molecule has 2 N–H and O–H groups in total. The molecule has 3 aliphatic rings. The summed E-state index contributed by atoms with van der Waals surface area (Å²) in [6.45, 7) is 8.71. The molecule has 2 amide bonds. The Bertz CT molecular complexity index is 2310. The van der Waals surface area contributed by atoms with Gasteiger partial charge in [0.25, 0.3) is 5.91 Å². The number of nitrogens with zero attached hydrogens (tertiary/aromatic N) is 2. The normalized spacial score (nSPS) is 18.6. The molecule has 3 unspecified atom stereocenters. The molecule has 9 nitrogen and oxygen atoms in total. The fourth-order valence-corrected chi connectivity index (χ4v) is 7.78. The van der Waals surface area contributed by atoms with Crippen LogP contribution in [0.25, 0.3) is 22.3 Å². The Hall–Kier alpha value is -5.80. The molecular formula is C45H43ClN4O5. The van der Waals surface area contributed by atoms with Gasteiger partial charge in [-0.1, -0.05) is 72.3 Å². The Morgan fingerprint density at radius 2 is 1.65 bits per heavy atom. The summed E-state index contributed by atoms with van der Waals surface area (Å²) in [4.78, 5) is 34.1. The fraction of sp³-hybridized carbons (Fsp3) is 0.267. The fourth-order valence-electron chi connectivity index (χ4n) is 7.59. The molecule has 10 heteroatoms. The molecule has 3 atom stereocenters. The second kappa shape index (κ2) is 15.1. The molecule has 0 spiro atoms. The molecule has 4 heterocycles. The van der Waals surface area contributed by atoms with Crippen LogP contribution < -0.4 is 20.1 Å². The van der Waals surface area contributed by atoms with E-state index in [4.69, 9.17) is 25.8 Å². The second-order valence-electron chi connectivity index (χ2n) is 14.4. The van der Waals surface area contributed by atoms with Crippen molar-refractivity contribution in [1.29, 1.82) is 0 Å². The number of hydrogen-bond acceptors (Lipinski definition) is 7. The van der Waals surface area contributed by atoms with Gasteiger partial charge in [0.05, 0.1) is 0 Å². The van der Waals surface area contributed by atoms with Crippen molar-refractivity contribution in [1.82, 2.24) is 20.5 Å². The van der Waals surface area contributed by atoms with Crippen LogP contribution in [0.4, 0.5) is 0 Å². The summed E-state index contributed by atoms with van der Waals surface area (Å²) in [5.41, 5.74) is 10.9. The third-order valence-corrected chi connectivity index (χ3v) is 11.0. The van der Waals surface area contributed by atoms with Crippen molar-refractivity contribution in [2.75, 3.05) is 13.2 Å². The molecule has 0 fully saturated rings. The van der Waals surface area contributed by atoms with Gasteiger partial charge < -0.3 is 29.7 Å². The average Bonchev–Trinajstić information content (AvgIpc) is 3.54. The number of halogens is 1. The smallest absolute Gasteiger partial charge is 0.274 e. The van der Waals surface area contributed by atoms with E-state index in [-0.39, 0.29) is 30.7 Å². The van der Waals surface area contributed by atoms with E-state index in [1.807, 2.05) is 74.6 Å². The zero-order valence-electron chi connectivity index (χ0n) is 31.3. The van der Waals surface area contributed by atoms with E-state index in [0.29, 0.717) is 54.0 Å². The molecule has 8 rings (SSSR count). The molecule has 280 valence electrons. The minimum absolute atomic E-state index is 0.208. The predicted molar refractivity (Wildman–Crippen MR) is 212 cm³/mol. The van der Waals surface area contributed by atoms with Gasteiger partial charge in [-0.05, 0) is 115 Å². The quantitative estimate of drug-likeness (QED) is 0.166. The van der Waals surface area contributed by atoms with Gasteiger partial charge in [-0.3, -0.25) is 14.6 Å². The molecule has 4 aromatic carbocycles. The van der Waals surface area contributed by atoms with Crippen molar-refractivity contribution in [2.45, 2.75) is 65.5 Å². The monoisotopic (exact) mass is 754 g/mol. The van der Waals surface area contributed by atoms with Gasteiger partial charge in [-0.2, -0.15) is 0 Å². The second-order valence-corrected chi connectivity index (χ2v) is 14.8. The van der Waals surface area contributed by atoms with E-state index in [9.17, 15) is 9.59 Å². The lowest BCUT2D eigenvalue weighted by Gasteiger charge is -2.37.